The van der Waals surface area contributed by atoms with Crippen LogP contribution in [-0.4, -0.2) is 26.9 Å². The van der Waals surface area contributed by atoms with Gasteiger partial charge in [0.05, 0.1) is 16.3 Å². The number of aromatic nitrogens is 2. The molecule has 0 radical (unpaired) electrons. The van der Waals surface area contributed by atoms with E-state index in [9.17, 15) is 19.7 Å². The predicted octanol–water partition coefficient (Wildman–Crippen LogP) is 3.49. The fourth-order valence-electron chi connectivity index (χ4n) is 2.55. The lowest BCUT2D eigenvalue weighted by molar-refractivity contribution is -0.384. The van der Waals surface area contributed by atoms with Gasteiger partial charge >= 0.3 is 6.01 Å². The van der Waals surface area contributed by atoms with Crippen molar-refractivity contribution in [1.82, 2.24) is 10.2 Å². The summed E-state index contributed by atoms with van der Waals surface area (Å²) < 4.78 is 5.37. The molecule has 11 nitrogen and oxygen atoms in total. The zero-order valence-electron chi connectivity index (χ0n) is 14.5. The maximum absolute atomic E-state index is 11.8. The number of carbonyl (C=O) groups is 2. The minimum Gasteiger partial charge on any atom is -0.401 e. The molecule has 0 unspecified atom stereocenters. The summed E-state index contributed by atoms with van der Waals surface area (Å²) >= 11 is 0. The number of benzene rings is 2. The quantitative estimate of drug-likeness (QED) is 0.280. The number of amides is 2. The van der Waals surface area contributed by atoms with Crippen LogP contribution in [0.15, 0.2) is 75.3 Å². The molecule has 1 aliphatic rings. The molecule has 0 saturated carbocycles. The Kier molecular flexibility index (Phi) is 4.45. The molecule has 0 spiro atoms. The standard InChI is InChI=1S/C18H10N6O5/c25-15-8-9-16(26)23(15)14-3-1-2-12(10-14)19-21-18-22-20-17(29-18)11-4-6-13(7-5-11)24(27)28/h1-10H. The first-order chi connectivity index (χ1) is 14.0. The van der Waals surface area contributed by atoms with Crippen LogP contribution < -0.4 is 4.90 Å². The van der Waals surface area contributed by atoms with Gasteiger partial charge in [0.25, 0.3) is 17.5 Å². The number of nitro groups is 1. The molecule has 0 bridgehead atoms. The van der Waals surface area contributed by atoms with Gasteiger partial charge in [-0.25, -0.2) is 4.90 Å². The van der Waals surface area contributed by atoms with Crippen molar-refractivity contribution in [3.05, 3.63) is 70.8 Å². The topological polar surface area (TPSA) is 144 Å². The van der Waals surface area contributed by atoms with E-state index < -0.39 is 16.7 Å². The summed E-state index contributed by atoms with van der Waals surface area (Å²) in [6, 6.07) is 11.8. The molecule has 29 heavy (non-hydrogen) atoms. The highest BCUT2D eigenvalue weighted by atomic mass is 16.6. The van der Waals surface area contributed by atoms with Crippen LogP contribution in [-0.2, 0) is 9.59 Å². The van der Waals surface area contributed by atoms with Gasteiger partial charge in [-0.15, -0.1) is 10.2 Å². The third kappa shape index (κ3) is 3.64. The van der Waals surface area contributed by atoms with Gasteiger partial charge in [0.1, 0.15) is 0 Å². The molecular weight excluding hydrogens is 380 g/mol. The molecule has 0 atom stereocenters. The van der Waals surface area contributed by atoms with Crippen LogP contribution in [0.4, 0.5) is 23.1 Å². The summed E-state index contributed by atoms with van der Waals surface area (Å²) in [4.78, 5) is 34.7. The maximum atomic E-state index is 11.8. The Labute approximate surface area is 162 Å². The van der Waals surface area contributed by atoms with Crippen LogP contribution in [0, 0.1) is 10.1 Å². The van der Waals surface area contributed by atoms with E-state index >= 15 is 0 Å². The Morgan fingerprint density at radius 1 is 0.966 bits per heavy atom. The minimum atomic E-state index is -0.509. The number of rotatable bonds is 5. The van der Waals surface area contributed by atoms with E-state index in [-0.39, 0.29) is 17.6 Å². The van der Waals surface area contributed by atoms with Crippen molar-refractivity contribution < 1.29 is 18.9 Å². The molecular formula is C18H10N6O5. The minimum absolute atomic E-state index is 0.0572. The molecule has 2 heterocycles. The van der Waals surface area contributed by atoms with E-state index in [1.807, 2.05) is 0 Å². The van der Waals surface area contributed by atoms with Crippen molar-refractivity contribution in [1.29, 1.82) is 0 Å². The monoisotopic (exact) mass is 390 g/mol. The molecule has 2 amide bonds. The number of azo groups is 1. The van der Waals surface area contributed by atoms with Crippen molar-refractivity contribution >= 4 is 34.9 Å². The van der Waals surface area contributed by atoms with Gasteiger partial charge in [0, 0.05) is 29.8 Å². The SMILES string of the molecule is O=C1C=CC(=O)N1c1cccc(N=Nc2nnc(-c3ccc([N+](=O)[O-])cc3)o2)c1. The molecule has 0 aliphatic carbocycles. The zero-order valence-corrected chi connectivity index (χ0v) is 14.5. The lowest BCUT2D eigenvalue weighted by atomic mass is 10.2. The van der Waals surface area contributed by atoms with E-state index in [1.165, 1.54) is 42.5 Å². The summed E-state index contributed by atoms with van der Waals surface area (Å²) in [5, 5.41) is 26.1. The number of carbonyl (C=O) groups excluding carboxylic acids is 2. The lowest BCUT2D eigenvalue weighted by Gasteiger charge is -2.13. The number of imide groups is 1. The van der Waals surface area contributed by atoms with E-state index in [0.29, 0.717) is 16.9 Å². The van der Waals surface area contributed by atoms with Crippen molar-refractivity contribution in [3.8, 4) is 11.5 Å². The van der Waals surface area contributed by atoms with Gasteiger partial charge in [-0.2, -0.15) is 0 Å². The van der Waals surface area contributed by atoms with Crippen molar-refractivity contribution in [3.63, 3.8) is 0 Å². The number of nitro benzene ring substituents is 1. The van der Waals surface area contributed by atoms with E-state index in [0.717, 1.165) is 4.90 Å². The Morgan fingerprint density at radius 2 is 1.69 bits per heavy atom. The van der Waals surface area contributed by atoms with Gasteiger partial charge in [-0.05, 0) is 30.3 Å². The molecule has 11 heteroatoms. The number of hydrogen-bond acceptors (Lipinski definition) is 9. The third-order valence-corrected chi connectivity index (χ3v) is 3.89. The Hall–Kier alpha value is -4.54. The third-order valence-electron chi connectivity index (χ3n) is 3.89. The van der Waals surface area contributed by atoms with Gasteiger partial charge in [0.15, 0.2) is 0 Å². The van der Waals surface area contributed by atoms with Gasteiger partial charge < -0.3 is 4.42 Å². The zero-order chi connectivity index (χ0) is 20.4. The van der Waals surface area contributed by atoms with E-state index in [1.54, 1.807) is 18.2 Å². The normalized spacial score (nSPS) is 13.6. The summed E-state index contributed by atoms with van der Waals surface area (Å²) in [5.74, 6) is -0.746. The smallest absolute Gasteiger partial charge is 0.361 e. The van der Waals surface area contributed by atoms with Crippen LogP contribution in [0.3, 0.4) is 0 Å². The van der Waals surface area contributed by atoms with Gasteiger partial charge in [-0.3, -0.25) is 19.7 Å². The second kappa shape index (κ2) is 7.23. The summed E-state index contributed by atoms with van der Waals surface area (Å²) in [5.41, 5.74) is 1.16. The molecule has 4 rings (SSSR count). The first-order valence-electron chi connectivity index (χ1n) is 8.17. The van der Waals surface area contributed by atoms with E-state index in [4.69, 9.17) is 4.42 Å². The van der Waals surface area contributed by atoms with Crippen molar-refractivity contribution in [2.24, 2.45) is 10.2 Å². The first kappa shape index (κ1) is 17.9. The van der Waals surface area contributed by atoms with E-state index in [2.05, 4.69) is 20.4 Å². The maximum Gasteiger partial charge on any atom is 0.361 e. The van der Waals surface area contributed by atoms with Gasteiger partial charge in [0.2, 0.25) is 5.89 Å². The first-order valence-corrected chi connectivity index (χ1v) is 8.17. The summed E-state index contributed by atoms with van der Waals surface area (Å²) in [6.07, 6.45) is 2.38. The Bertz CT molecular complexity index is 1160. The van der Waals surface area contributed by atoms with Crippen LogP contribution in [0.1, 0.15) is 0 Å². The summed E-state index contributed by atoms with van der Waals surface area (Å²) in [7, 11) is 0. The van der Waals surface area contributed by atoms with Crippen LogP contribution in [0.25, 0.3) is 11.5 Å². The molecule has 142 valence electrons. The fraction of sp³-hybridized carbons (Fsp3) is 0. The lowest BCUT2D eigenvalue weighted by Crippen LogP contribution is -2.29. The van der Waals surface area contributed by atoms with Gasteiger partial charge in [-0.1, -0.05) is 16.3 Å². The molecule has 3 aromatic rings. The molecule has 1 aromatic heterocycles. The largest absolute Gasteiger partial charge is 0.401 e. The number of nitrogens with zero attached hydrogens (tertiary/aromatic N) is 6. The average Bonchev–Trinajstić information content (AvgIpc) is 3.33. The number of non-ortho nitro benzene ring substituents is 1. The summed E-state index contributed by atoms with van der Waals surface area (Å²) in [6.45, 7) is 0. The second-order valence-electron chi connectivity index (χ2n) is 5.76. The fourth-order valence-corrected chi connectivity index (χ4v) is 2.55. The van der Waals surface area contributed by atoms with Crippen LogP contribution in [0.2, 0.25) is 0 Å². The highest BCUT2D eigenvalue weighted by molar-refractivity contribution is 6.28. The molecule has 0 fully saturated rings. The highest BCUT2D eigenvalue weighted by Crippen LogP contribution is 2.27. The Morgan fingerprint density at radius 3 is 2.38 bits per heavy atom. The predicted molar refractivity (Wildman–Crippen MR) is 98.6 cm³/mol. The van der Waals surface area contributed by atoms with Crippen LogP contribution in [0.5, 0.6) is 0 Å². The van der Waals surface area contributed by atoms with Crippen molar-refractivity contribution in [2.75, 3.05) is 4.90 Å². The highest BCUT2D eigenvalue weighted by Gasteiger charge is 2.25. The number of hydrogen-bond donors (Lipinski definition) is 0. The average molecular weight is 390 g/mol. The second-order valence-corrected chi connectivity index (χ2v) is 5.76. The molecule has 0 saturated heterocycles. The van der Waals surface area contributed by atoms with Crippen molar-refractivity contribution in [2.45, 2.75) is 0 Å². The number of anilines is 1. The molecule has 2 aromatic carbocycles. The molecule has 1 aliphatic heterocycles. The van der Waals surface area contributed by atoms with Crippen LogP contribution >= 0.6 is 0 Å². The Balaban J connectivity index is 1.52. The molecule has 0 N–H and O–H groups in total.